The second-order valence-electron chi connectivity index (χ2n) is 4.16. The fourth-order valence-electron chi connectivity index (χ4n) is 1.94. The standard InChI is InChI=1S/C13H14N4S.ClH/c14-5-1-2-9-3-4-11-10(8-9)17-12-13(18-11)16-7-6-15-12;/h3-4,6-8H,1-2,5,14H2,(H,15,17);1H. The van der Waals surface area contributed by atoms with Crippen molar-refractivity contribution in [2.75, 3.05) is 11.9 Å². The highest BCUT2D eigenvalue weighted by molar-refractivity contribution is 7.99. The molecule has 6 heteroatoms. The zero-order chi connectivity index (χ0) is 12.4. The van der Waals surface area contributed by atoms with E-state index in [0.29, 0.717) is 0 Å². The van der Waals surface area contributed by atoms with Crippen LogP contribution in [-0.2, 0) is 6.42 Å². The van der Waals surface area contributed by atoms with Gasteiger partial charge in [0.05, 0.1) is 5.69 Å². The van der Waals surface area contributed by atoms with Crippen LogP contribution < -0.4 is 11.1 Å². The molecule has 0 atom stereocenters. The molecule has 0 aliphatic carbocycles. The number of aromatic nitrogens is 2. The van der Waals surface area contributed by atoms with Crippen LogP contribution in [0.5, 0.6) is 0 Å². The number of nitrogens with one attached hydrogen (secondary N) is 1. The number of fused-ring (bicyclic) bond motifs is 2. The maximum absolute atomic E-state index is 5.54. The van der Waals surface area contributed by atoms with Gasteiger partial charge in [0.1, 0.15) is 5.03 Å². The van der Waals surface area contributed by atoms with Gasteiger partial charge in [0.25, 0.3) is 0 Å². The second-order valence-corrected chi connectivity index (χ2v) is 5.19. The lowest BCUT2D eigenvalue weighted by atomic mass is 10.1. The minimum Gasteiger partial charge on any atom is -0.337 e. The van der Waals surface area contributed by atoms with Gasteiger partial charge >= 0.3 is 0 Å². The predicted octanol–water partition coefficient (Wildman–Crippen LogP) is 3.00. The number of halogens is 1. The molecule has 0 spiro atoms. The molecule has 19 heavy (non-hydrogen) atoms. The van der Waals surface area contributed by atoms with Gasteiger partial charge < -0.3 is 11.1 Å². The molecule has 1 aromatic carbocycles. The van der Waals surface area contributed by atoms with Crippen LogP contribution in [0.2, 0.25) is 0 Å². The van der Waals surface area contributed by atoms with Crippen LogP contribution in [0.3, 0.4) is 0 Å². The predicted molar refractivity (Wildman–Crippen MR) is 80.5 cm³/mol. The highest BCUT2D eigenvalue weighted by Crippen LogP contribution is 2.41. The highest BCUT2D eigenvalue weighted by atomic mass is 35.5. The Morgan fingerprint density at radius 3 is 2.89 bits per heavy atom. The SMILES string of the molecule is Cl.NCCCc1ccc2c(c1)Nc1nccnc1S2. The van der Waals surface area contributed by atoms with Crippen LogP contribution in [0, 0.1) is 0 Å². The molecule has 1 aromatic heterocycles. The summed E-state index contributed by atoms with van der Waals surface area (Å²) in [5.74, 6) is 0.839. The first-order valence-corrected chi connectivity index (χ1v) is 6.77. The number of aryl methyl sites for hydroxylation is 1. The summed E-state index contributed by atoms with van der Waals surface area (Å²) < 4.78 is 0. The van der Waals surface area contributed by atoms with Crippen LogP contribution in [0.25, 0.3) is 0 Å². The van der Waals surface area contributed by atoms with Crippen LogP contribution in [0.1, 0.15) is 12.0 Å². The number of rotatable bonds is 3. The topological polar surface area (TPSA) is 63.8 Å². The Morgan fingerprint density at radius 2 is 2.05 bits per heavy atom. The Hall–Kier alpha value is -1.30. The largest absolute Gasteiger partial charge is 0.337 e. The number of nitrogens with two attached hydrogens (primary N) is 1. The van der Waals surface area contributed by atoms with Crippen LogP contribution in [-0.4, -0.2) is 16.5 Å². The van der Waals surface area contributed by atoms with E-state index in [1.54, 1.807) is 24.2 Å². The van der Waals surface area contributed by atoms with Crippen molar-refractivity contribution in [3.8, 4) is 0 Å². The van der Waals surface area contributed by atoms with Gasteiger partial charge in [-0.3, -0.25) is 0 Å². The molecule has 0 bridgehead atoms. The third kappa shape index (κ3) is 3.00. The molecular weight excluding hydrogens is 280 g/mol. The lowest BCUT2D eigenvalue weighted by molar-refractivity contribution is 0.832. The van der Waals surface area contributed by atoms with E-state index in [1.807, 2.05) is 0 Å². The Balaban J connectivity index is 0.00000133. The molecule has 3 N–H and O–H groups in total. The van der Waals surface area contributed by atoms with Crippen molar-refractivity contribution < 1.29 is 0 Å². The minimum atomic E-state index is 0. The summed E-state index contributed by atoms with van der Waals surface area (Å²) in [7, 11) is 0. The van der Waals surface area contributed by atoms with Gasteiger partial charge in [-0.05, 0) is 37.1 Å². The van der Waals surface area contributed by atoms with Crippen LogP contribution in [0.4, 0.5) is 11.5 Å². The van der Waals surface area contributed by atoms with E-state index in [-0.39, 0.29) is 12.4 Å². The number of benzene rings is 1. The first-order valence-electron chi connectivity index (χ1n) is 5.96. The number of anilines is 2. The van der Waals surface area contributed by atoms with Gasteiger partial charge in [0, 0.05) is 17.3 Å². The number of hydrogen-bond acceptors (Lipinski definition) is 5. The van der Waals surface area contributed by atoms with E-state index in [0.717, 1.165) is 35.9 Å². The lowest BCUT2D eigenvalue weighted by Crippen LogP contribution is -2.05. The average molecular weight is 295 g/mol. The fraction of sp³-hybridized carbons (Fsp3) is 0.231. The van der Waals surface area contributed by atoms with Crippen molar-refractivity contribution in [1.82, 2.24) is 9.97 Å². The molecule has 0 saturated carbocycles. The Morgan fingerprint density at radius 1 is 1.21 bits per heavy atom. The van der Waals surface area contributed by atoms with Crippen molar-refractivity contribution in [2.45, 2.75) is 22.8 Å². The maximum Gasteiger partial charge on any atom is 0.163 e. The highest BCUT2D eigenvalue weighted by Gasteiger charge is 2.17. The van der Waals surface area contributed by atoms with Crippen LogP contribution in [0.15, 0.2) is 40.5 Å². The van der Waals surface area contributed by atoms with E-state index in [2.05, 4.69) is 33.5 Å². The molecular formula is C13H15ClN4S. The Bertz CT molecular complexity index is 576. The first kappa shape index (κ1) is 14.1. The Labute approximate surface area is 122 Å². The Kier molecular flexibility index (Phi) is 4.63. The summed E-state index contributed by atoms with van der Waals surface area (Å²) in [5.41, 5.74) is 7.96. The van der Waals surface area contributed by atoms with Gasteiger partial charge in [-0.2, -0.15) is 0 Å². The molecule has 2 aromatic rings. The summed E-state index contributed by atoms with van der Waals surface area (Å²) in [6, 6.07) is 6.47. The lowest BCUT2D eigenvalue weighted by Gasteiger charge is -2.19. The summed E-state index contributed by atoms with van der Waals surface area (Å²) in [6.45, 7) is 0.730. The molecule has 100 valence electrons. The van der Waals surface area contributed by atoms with E-state index < -0.39 is 0 Å². The quantitative estimate of drug-likeness (QED) is 0.777. The summed E-state index contributed by atoms with van der Waals surface area (Å²) in [5, 5.41) is 4.26. The van der Waals surface area contributed by atoms with Crippen molar-refractivity contribution in [3.63, 3.8) is 0 Å². The molecule has 4 nitrogen and oxygen atoms in total. The van der Waals surface area contributed by atoms with E-state index in [4.69, 9.17) is 5.73 Å². The van der Waals surface area contributed by atoms with Crippen molar-refractivity contribution in [1.29, 1.82) is 0 Å². The first-order chi connectivity index (χ1) is 8.86. The zero-order valence-corrected chi connectivity index (χ0v) is 11.9. The summed E-state index contributed by atoms with van der Waals surface area (Å²) in [6.07, 6.45) is 5.45. The summed E-state index contributed by atoms with van der Waals surface area (Å²) >= 11 is 1.65. The van der Waals surface area contributed by atoms with E-state index in [9.17, 15) is 0 Å². The van der Waals surface area contributed by atoms with Gasteiger partial charge in [-0.25, -0.2) is 9.97 Å². The molecule has 3 rings (SSSR count). The molecule has 0 saturated heterocycles. The van der Waals surface area contributed by atoms with Crippen molar-refractivity contribution >= 4 is 35.7 Å². The van der Waals surface area contributed by atoms with Crippen molar-refractivity contribution in [2.24, 2.45) is 5.73 Å². The normalized spacial score (nSPS) is 11.8. The maximum atomic E-state index is 5.54. The van der Waals surface area contributed by atoms with Crippen molar-refractivity contribution in [3.05, 3.63) is 36.2 Å². The smallest absolute Gasteiger partial charge is 0.163 e. The van der Waals surface area contributed by atoms with E-state index in [1.165, 1.54) is 10.5 Å². The molecule has 1 aliphatic rings. The molecule has 2 heterocycles. The van der Waals surface area contributed by atoms with Gasteiger partial charge in [0.15, 0.2) is 5.82 Å². The molecule has 0 radical (unpaired) electrons. The zero-order valence-electron chi connectivity index (χ0n) is 10.3. The van der Waals surface area contributed by atoms with Gasteiger partial charge in [0.2, 0.25) is 0 Å². The molecule has 0 unspecified atom stereocenters. The summed E-state index contributed by atoms with van der Waals surface area (Å²) in [4.78, 5) is 9.80. The third-order valence-electron chi connectivity index (χ3n) is 2.84. The number of nitrogens with zero attached hydrogens (tertiary/aromatic N) is 2. The van der Waals surface area contributed by atoms with E-state index >= 15 is 0 Å². The average Bonchev–Trinajstić information content (AvgIpc) is 2.42. The molecule has 1 aliphatic heterocycles. The van der Waals surface area contributed by atoms with Gasteiger partial charge in [-0.1, -0.05) is 17.8 Å². The monoisotopic (exact) mass is 294 g/mol. The molecule has 0 amide bonds. The third-order valence-corrected chi connectivity index (χ3v) is 3.91. The van der Waals surface area contributed by atoms with Gasteiger partial charge in [-0.15, -0.1) is 12.4 Å². The molecule has 0 fully saturated rings. The fourth-order valence-corrected chi connectivity index (χ4v) is 2.82. The minimum absolute atomic E-state index is 0. The second kappa shape index (κ2) is 6.23. The number of hydrogen-bond donors (Lipinski definition) is 2. The van der Waals surface area contributed by atoms with Crippen LogP contribution >= 0.6 is 24.2 Å².